The van der Waals surface area contributed by atoms with E-state index in [1.54, 1.807) is 13.1 Å². The second-order valence-electron chi connectivity index (χ2n) is 7.28. The van der Waals surface area contributed by atoms with Crippen molar-refractivity contribution in [3.63, 3.8) is 0 Å². The van der Waals surface area contributed by atoms with Crippen LogP contribution in [0.2, 0.25) is 10.0 Å². The molecule has 1 saturated heterocycles. The Morgan fingerprint density at radius 1 is 1.26 bits per heavy atom. The molecule has 0 bridgehead atoms. The average molecular weight is 491 g/mol. The van der Waals surface area contributed by atoms with Crippen molar-refractivity contribution >= 4 is 33.2 Å². The molecule has 0 amide bonds. The summed E-state index contributed by atoms with van der Waals surface area (Å²) in [5.74, 6) is 0. The molecule has 1 aliphatic heterocycles. The van der Waals surface area contributed by atoms with Crippen molar-refractivity contribution in [2.75, 3.05) is 39.5 Å². The van der Waals surface area contributed by atoms with Crippen molar-refractivity contribution < 1.29 is 17.9 Å². The third kappa shape index (κ3) is 6.34. The van der Waals surface area contributed by atoms with Gasteiger partial charge in [0.2, 0.25) is 10.0 Å². The van der Waals surface area contributed by atoms with Gasteiger partial charge >= 0.3 is 0 Å². The van der Waals surface area contributed by atoms with Crippen LogP contribution >= 0.6 is 23.2 Å². The Morgan fingerprint density at radius 3 is 2.68 bits per heavy atom. The fourth-order valence-corrected chi connectivity index (χ4v) is 5.04. The number of hydrogen-bond acceptors (Lipinski definition) is 6. The van der Waals surface area contributed by atoms with E-state index in [4.69, 9.17) is 32.7 Å². The minimum atomic E-state index is -3.79. The van der Waals surface area contributed by atoms with Gasteiger partial charge in [0.05, 0.1) is 52.7 Å². The van der Waals surface area contributed by atoms with E-state index in [1.165, 1.54) is 18.2 Å². The smallest absolute Gasteiger partial charge is 0.296 e. The van der Waals surface area contributed by atoms with Crippen LogP contribution in [0.5, 0.6) is 6.01 Å². The molecule has 11 heteroatoms. The Kier molecular flexibility index (Phi) is 8.60. The molecule has 1 aromatic carbocycles. The number of imidazole rings is 1. The first-order valence-electron chi connectivity index (χ1n) is 10.3. The number of hydrogen-bond donors (Lipinski definition) is 1. The minimum absolute atomic E-state index is 0.0518. The highest BCUT2D eigenvalue weighted by atomic mass is 35.5. The second kappa shape index (κ2) is 11.0. The van der Waals surface area contributed by atoms with Crippen molar-refractivity contribution in [2.45, 2.75) is 37.8 Å². The topological polar surface area (TPSA) is 85.7 Å². The lowest BCUT2D eigenvalue weighted by Gasteiger charge is -2.26. The molecule has 0 spiro atoms. The third-order valence-electron chi connectivity index (χ3n) is 5.10. The predicted molar refractivity (Wildman–Crippen MR) is 120 cm³/mol. The first-order valence-corrected chi connectivity index (χ1v) is 12.5. The van der Waals surface area contributed by atoms with Crippen molar-refractivity contribution in [1.29, 1.82) is 0 Å². The van der Waals surface area contributed by atoms with E-state index < -0.39 is 16.1 Å². The molecule has 0 saturated carbocycles. The molecular formula is C20H28Cl2N4O4S. The summed E-state index contributed by atoms with van der Waals surface area (Å²) in [6.45, 7) is 9.27. The SMILES string of the molecule is CCn1c(C(C)NS(=O)(=O)c2ccc(Cl)c(Cl)c2)cnc1OCCCN1CCOCC1. The number of ether oxygens (including phenoxy) is 2. The summed E-state index contributed by atoms with van der Waals surface area (Å²) >= 11 is 11.9. The number of benzene rings is 1. The zero-order valence-corrected chi connectivity index (χ0v) is 20.0. The number of rotatable bonds is 10. The van der Waals surface area contributed by atoms with Crippen LogP contribution < -0.4 is 9.46 Å². The van der Waals surface area contributed by atoms with Crippen molar-refractivity contribution in [3.8, 4) is 6.01 Å². The minimum Gasteiger partial charge on any atom is -0.465 e. The Bertz CT molecular complexity index is 978. The number of aromatic nitrogens is 2. The lowest BCUT2D eigenvalue weighted by molar-refractivity contribution is 0.0355. The van der Waals surface area contributed by atoms with Gasteiger partial charge in [0, 0.05) is 26.2 Å². The van der Waals surface area contributed by atoms with Crippen LogP contribution in [0.4, 0.5) is 0 Å². The highest BCUT2D eigenvalue weighted by Crippen LogP contribution is 2.26. The highest BCUT2D eigenvalue weighted by Gasteiger charge is 2.23. The lowest BCUT2D eigenvalue weighted by Crippen LogP contribution is -2.37. The number of morpholine rings is 1. The van der Waals surface area contributed by atoms with Crippen LogP contribution in [0, 0.1) is 0 Å². The van der Waals surface area contributed by atoms with Crippen molar-refractivity contribution in [2.24, 2.45) is 0 Å². The monoisotopic (exact) mass is 490 g/mol. The van der Waals surface area contributed by atoms with E-state index in [1.807, 2.05) is 11.5 Å². The largest absolute Gasteiger partial charge is 0.465 e. The van der Waals surface area contributed by atoms with Crippen LogP contribution in [0.25, 0.3) is 0 Å². The van der Waals surface area contributed by atoms with Gasteiger partial charge in [-0.3, -0.25) is 9.47 Å². The van der Waals surface area contributed by atoms with Gasteiger partial charge in [-0.15, -0.1) is 0 Å². The fraction of sp³-hybridized carbons (Fsp3) is 0.550. The van der Waals surface area contributed by atoms with Gasteiger partial charge in [-0.1, -0.05) is 23.2 Å². The molecule has 3 rings (SSSR count). The van der Waals surface area contributed by atoms with Crippen LogP contribution in [-0.4, -0.2) is 62.3 Å². The van der Waals surface area contributed by atoms with Gasteiger partial charge in [0.1, 0.15) is 0 Å². The van der Waals surface area contributed by atoms with Crippen LogP contribution in [-0.2, 0) is 21.3 Å². The van der Waals surface area contributed by atoms with Crippen LogP contribution in [0.3, 0.4) is 0 Å². The number of nitrogens with zero attached hydrogens (tertiary/aromatic N) is 3. The quantitative estimate of drug-likeness (QED) is 0.513. The number of halogens is 2. The first-order chi connectivity index (χ1) is 14.8. The molecule has 1 aliphatic rings. The van der Waals surface area contributed by atoms with Gasteiger partial charge in [-0.2, -0.15) is 0 Å². The highest BCUT2D eigenvalue weighted by molar-refractivity contribution is 7.89. The first kappa shape index (κ1) is 24.3. The maximum atomic E-state index is 12.8. The van der Waals surface area contributed by atoms with Crippen molar-refractivity contribution in [1.82, 2.24) is 19.2 Å². The second-order valence-corrected chi connectivity index (χ2v) is 9.81. The average Bonchev–Trinajstić information content (AvgIpc) is 3.16. The summed E-state index contributed by atoms with van der Waals surface area (Å²) in [6, 6.07) is 4.18. The van der Waals surface area contributed by atoms with E-state index in [0.29, 0.717) is 29.9 Å². The fourth-order valence-electron chi connectivity index (χ4n) is 3.43. The van der Waals surface area contributed by atoms with Crippen LogP contribution in [0.15, 0.2) is 29.3 Å². The van der Waals surface area contributed by atoms with Gasteiger partial charge in [0.15, 0.2) is 0 Å². The van der Waals surface area contributed by atoms with Gasteiger partial charge in [0.25, 0.3) is 6.01 Å². The molecule has 1 atom stereocenters. The van der Waals surface area contributed by atoms with Crippen molar-refractivity contribution in [3.05, 3.63) is 40.1 Å². The zero-order chi connectivity index (χ0) is 22.4. The summed E-state index contributed by atoms with van der Waals surface area (Å²) < 4.78 is 41.3. The van der Waals surface area contributed by atoms with E-state index in [9.17, 15) is 8.42 Å². The molecule has 2 heterocycles. The summed E-state index contributed by atoms with van der Waals surface area (Å²) in [4.78, 5) is 6.76. The Hall–Kier alpha value is -1.36. The molecule has 0 aliphatic carbocycles. The zero-order valence-electron chi connectivity index (χ0n) is 17.7. The normalized spacial score (nSPS) is 16.4. The molecule has 8 nitrogen and oxygen atoms in total. The third-order valence-corrected chi connectivity index (χ3v) is 7.37. The molecular weight excluding hydrogens is 463 g/mol. The Balaban J connectivity index is 1.61. The standard InChI is InChI=1S/C20H28Cl2N4O4S/c1-3-26-19(14-23-20(26)30-10-4-7-25-8-11-29-12-9-25)15(2)24-31(27,28)16-5-6-17(21)18(22)13-16/h5-6,13-15,24H,3-4,7-12H2,1-2H3. The molecule has 1 N–H and O–H groups in total. The molecule has 2 aromatic rings. The molecule has 31 heavy (non-hydrogen) atoms. The summed E-state index contributed by atoms with van der Waals surface area (Å²) in [6.07, 6.45) is 2.52. The Morgan fingerprint density at radius 2 is 2.00 bits per heavy atom. The van der Waals surface area contributed by atoms with E-state index in [0.717, 1.165) is 39.3 Å². The number of nitrogens with one attached hydrogen (secondary N) is 1. The molecule has 1 unspecified atom stereocenters. The van der Waals surface area contributed by atoms with E-state index in [2.05, 4.69) is 14.6 Å². The predicted octanol–water partition coefficient (Wildman–Crippen LogP) is 3.35. The summed E-state index contributed by atoms with van der Waals surface area (Å²) in [7, 11) is -3.79. The van der Waals surface area contributed by atoms with Gasteiger partial charge < -0.3 is 9.47 Å². The Labute approximate surface area is 193 Å². The van der Waals surface area contributed by atoms with Crippen LogP contribution in [0.1, 0.15) is 32.0 Å². The maximum absolute atomic E-state index is 12.8. The molecule has 0 radical (unpaired) electrons. The summed E-state index contributed by atoms with van der Waals surface area (Å²) in [5.41, 5.74) is 0.717. The number of sulfonamides is 1. The van der Waals surface area contributed by atoms with E-state index >= 15 is 0 Å². The van der Waals surface area contributed by atoms with E-state index in [-0.39, 0.29) is 9.92 Å². The van der Waals surface area contributed by atoms with Gasteiger partial charge in [-0.05, 0) is 38.5 Å². The molecule has 1 aromatic heterocycles. The lowest BCUT2D eigenvalue weighted by atomic mass is 10.3. The maximum Gasteiger partial charge on any atom is 0.296 e. The van der Waals surface area contributed by atoms with Gasteiger partial charge in [-0.25, -0.2) is 18.1 Å². The molecule has 1 fully saturated rings. The summed E-state index contributed by atoms with van der Waals surface area (Å²) in [5, 5.41) is 0.483. The molecule has 172 valence electrons.